The Hall–Kier alpha value is -3.56. The summed E-state index contributed by atoms with van der Waals surface area (Å²) in [6, 6.07) is 17.4. The normalized spacial score (nSPS) is 10.7. The molecule has 0 amide bonds. The molecule has 4 aromatic rings. The largest absolute Gasteiger partial charge is 0.506 e. The van der Waals surface area contributed by atoms with Crippen LogP contribution < -0.4 is 10.3 Å². The summed E-state index contributed by atoms with van der Waals surface area (Å²) in [6.07, 6.45) is 0. The molecular weight excluding hydrogens is 360 g/mol. The summed E-state index contributed by atoms with van der Waals surface area (Å²) in [5.41, 5.74) is 2.89. The average molecular weight is 374 g/mol. The van der Waals surface area contributed by atoms with Crippen molar-refractivity contribution in [3.63, 3.8) is 0 Å². The lowest BCUT2D eigenvalue weighted by molar-refractivity contribution is 0.415. The molecule has 0 fully saturated rings. The average Bonchev–Trinajstić information content (AvgIpc) is 3.12. The van der Waals surface area contributed by atoms with E-state index in [0.717, 1.165) is 28.0 Å². The van der Waals surface area contributed by atoms with Gasteiger partial charge >= 0.3 is 0 Å². The van der Waals surface area contributed by atoms with Gasteiger partial charge in [-0.2, -0.15) is 5.26 Å². The van der Waals surface area contributed by atoms with Crippen molar-refractivity contribution in [1.82, 2.24) is 4.98 Å². The predicted octanol–water partition coefficient (Wildman–Crippen LogP) is 4.51. The molecule has 0 atom stereocenters. The molecule has 2 aromatic carbocycles. The van der Waals surface area contributed by atoms with Gasteiger partial charge < -0.3 is 14.8 Å². The summed E-state index contributed by atoms with van der Waals surface area (Å²) < 4.78 is 5.27. The van der Waals surface area contributed by atoms with Crippen molar-refractivity contribution in [2.75, 3.05) is 7.11 Å². The number of benzene rings is 2. The Labute approximate surface area is 158 Å². The van der Waals surface area contributed by atoms with Crippen LogP contribution in [0.5, 0.6) is 11.5 Å². The Kier molecular flexibility index (Phi) is 4.15. The third kappa shape index (κ3) is 2.84. The molecule has 4 rings (SSSR count). The lowest BCUT2D eigenvalue weighted by Crippen LogP contribution is -2.09. The molecule has 0 radical (unpaired) electrons. The highest BCUT2D eigenvalue weighted by molar-refractivity contribution is 7.17. The minimum absolute atomic E-state index is 0.268. The van der Waals surface area contributed by atoms with Crippen LogP contribution in [0.1, 0.15) is 5.56 Å². The number of hydrogen-bond donors (Lipinski definition) is 2. The van der Waals surface area contributed by atoms with E-state index in [0.29, 0.717) is 10.2 Å². The highest BCUT2D eigenvalue weighted by Gasteiger charge is 2.17. The minimum atomic E-state index is -0.579. The number of aromatic hydroxyl groups is 1. The second-order valence-corrected chi connectivity index (χ2v) is 6.83. The molecule has 2 aromatic heterocycles. The molecule has 0 aliphatic heterocycles. The number of pyridine rings is 1. The molecule has 0 aliphatic carbocycles. The van der Waals surface area contributed by atoms with Crippen molar-refractivity contribution in [1.29, 1.82) is 5.26 Å². The van der Waals surface area contributed by atoms with E-state index in [-0.39, 0.29) is 11.3 Å². The molecule has 5 nitrogen and oxygen atoms in total. The molecule has 0 unspecified atom stereocenters. The maximum Gasteiger partial charge on any atom is 0.270 e. The smallest absolute Gasteiger partial charge is 0.270 e. The fourth-order valence-corrected chi connectivity index (χ4v) is 4.01. The number of nitriles is 1. The zero-order valence-corrected chi connectivity index (χ0v) is 15.1. The first-order valence-electron chi connectivity index (χ1n) is 8.13. The van der Waals surface area contributed by atoms with E-state index in [1.807, 2.05) is 53.9 Å². The van der Waals surface area contributed by atoms with Gasteiger partial charge in [0.05, 0.1) is 12.5 Å². The van der Waals surface area contributed by atoms with Gasteiger partial charge in [0.25, 0.3) is 5.56 Å². The van der Waals surface area contributed by atoms with Gasteiger partial charge in [-0.15, -0.1) is 11.3 Å². The third-order valence-electron chi connectivity index (χ3n) is 4.43. The summed E-state index contributed by atoms with van der Waals surface area (Å²) in [6.45, 7) is 0. The van der Waals surface area contributed by atoms with E-state index in [1.54, 1.807) is 13.2 Å². The van der Waals surface area contributed by atoms with Gasteiger partial charge in [-0.1, -0.05) is 36.4 Å². The van der Waals surface area contributed by atoms with Crippen LogP contribution in [0.3, 0.4) is 0 Å². The molecular formula is C21H14N2O3S. The number of fused-ring (bicyclic) bond motifs is 1. The van der Waals surface area contributed by atoms with Gasteiger partial charge in [-0.25, -0.2) is 0 Å². The minimum Gasteiger partial charge on any atom is -0.506 e. The van der Waals surface area contributed by atoms with Crippen LogP contribution in [0, 0.1) is 11.3 Å². The third-order valence-corrected chi connectivity index (χ3v) is 5.32. The van der Waals surface area contributed by atoms with Gasteiger partial charge in [0.1, 0.15) is 22.4 Å². The van der Waals surface area contributed by atoms with Gasteiger partial charge in [-0.05, 0) is 28.8 Å². The number of aromatic amines is 1. The summed E-state index contributed by atoms with van der Waals surface area (Å²) in [5, 5.41) is 21.9. The highest BCUT2D eigenvalue weighted by Crippen LogP contribution is 2.39. The van der Waals surface area contributed by atoms with Crippen molar-refractivity contribution in [2.45, 2.75) is 0 Å². The monoisotopic (exact) mass is 374 g/mol. The van der Waals surface area contributed by atoms with Crippen molar-refractivity contribution < 1.29 is 9.84 Å². The number of nitrogens with one attached hydrogen (secondary N) is 1. The number of methoxy groups -OCH3 is 1. The van der Waals surface area contributed by atoms with E-state index in [4.69, 9.17) is 10.00 Å². The van der Waals surface area contributed by atoms with Crippen LogP contribution in [0.15, 0.2) is 58.7 Å². The summed E-state index contributed by atoms with van der Waals surface area (Å²) in [5.74, 6) is 0.516. The van der Waals surface area contributed by atoms with Crippen LogP contribution in [-0.2, 0) is 0 Å². The Balaban J connectivity index is 1.81. The molecule has 132 valence electrons. The lowest BCUT2D eigenvalue weighted by Gasteiger charge is -2.07. The van der Waals surface area contributed by atoms with Gasteiger partial charge in [0.15, 0.2) is 5.56 Å². The molecule has 2 heterocycles. The maximum atomic E-state index is 11.8. The number of hydrogen-bond acceptors (Lipinski definition) is 5. The Morgan fingerprint density at radius 3 is 2.56 bits per heavy atom. The van der Waals surface area contributed by atoms with E-state index >= 15 is 0 Å². The molecule has 2 N–H and O–H groups in total. The first-order valence-corrected chi connectivity index (χ1v) is 9.01. The van der Waals surface area contributed by atoms with Crippen molar-refractivity contribution in [2.24, 2.45) is 0 Å². The number of H-pyrrole nitrogens is 1. The first-order chi connectivity index (χ1) is 13.1. The van der Waals surface area contributed by atoms with Crippen LogP contribution in [0.25, 0.3) is 32.5 Å². The molecule has 0 saturated carbocycles. The van der Waals surface area contributed by atoms with Crippen LogP contribution in [0.4, 0.5) is 0 Å². The molecule has 27 heavy (non-hydrogen) atoms. The second-order valence-electron chi connectivity index (χ2n) is 5.95. The quantitative estimate of drug-likeness (QED) is 0.552. The number of ether oxygens (including phenoxy) is 1. The van der Waals surface area contributed by atoms with E-state index in [2.05, 4.69) is 4.98 Å². The lowest BCUT2D eigenvalue weighted by atomic mass is 9.99. The van der Waals surface area contributed by atoms with Crippen molar-refractivity contribution in [3.05, 3.63) is 69.8 Å². The van der Waals surface area contributed by atoms with Crippen molar-refractivity contribution in [3.8, 4) is 39.8 Å². The summed E-state index contributed by atoms with van der Waals surface area (Å²) >= 11 is 1.32. The molecule has 0 saturated heterocycles. The Morgan fingerprint density at radius 2 is 1.85 bits per heavy atom. The van der Waals surface area contributed by atoms with E-state index in [9.17, 15) is 9.90 Å². The van der Waals surface area contributed by atoms with Crippen LogP contribution in [-0.4, -0.2) is 17.2 Å². The van der Waals surface area contributed by atoms with Crippen molar-refractivity contribution >= 4 is 21.6 Å². The summed E-state index contributed by atoms with van der Waals surface area (Å²) in [4.78, 5) is 15.0. The first kappa shape index (κ1) is 16.9. The molecule has 0 aliphatic rings. The molecule has 0 spiro atoms. The highest BCUT2D eigenvalue weighted by atomic mass is 32.1. The fraction of sp³-hybridized carbons (Fsp3) is 0.0476. The fourth-order valence-electron chi connectivity index (χ4n) is 3.04. The number of aromatic nitrogens is 1. The van der Waals surface area contributed by atoms with Crippen LogP contribution in [0.2, 0.25) is 0 Å². The van der Waals surface area contributed by atoms with Gasteiger partial charge in [0.2, 0.25) is 0 Å². The summed E-state index contributed by atoms with van der Waals surface area (Å²) in [7, 11) is 1.64. The predicted molar refractivity (Wildman–Crippen MR) is 106 cm³/mol. The zero-order chi connectivity index (χ0) is 19.0. The zero-order valence-electron chi connectivity index (χ0n) is 14.3. The van der Waals surface area contributed by atoms with E-state index < -0.39 is 5.56 Å². The number of rotatable bonds is 3. The van der Waals surface area contributed by atoms with Gasteiger partial charge in [-0.3, -0.25) is 4.79 Å². The Bertz CT molecular complexity index is 1250. The number of nitrogens with zero attached hydrogens (tertiary/aromatic N) is 1. The maximum absolute atomic E-state index is 11.8. The van der Waals surface area contributed by atoms with Gasteiger partial charge in [0, 0.05) is 10.9 Å². The molecule has 0 bridgehead atoms. The molecule has 6 heteroatoms. The van der Waals surface area contributed by atoms with Crippen LogP contribution >= 0.6 is 11.3 Å². The number of thiophene rings is 1. The second kappa shape index (κ2) is 6.63. The topological polar surface area (TPSA) is 86.1 Å². The Morgan fingerprint density at radius 1 is 1.11 bits per heavy atom. The SMILES string of the molecule is COc1cccc(-c2ccc(-c3csc4[nH]c(=O)c(C#N)c(O)c34)cc2)c1. The van der Waals surface area contributed by atoms with E-state index in [1.165, 1.54) is 11.3 Å². The standard InChI is InChI=1S/C21H14N2O3S/c1-26-15-4-2-3-14(9-15)12-5-7-13(8-6-12)17-11-27-21-18(17)19(24)16(10-22)20(25)23-21/h2-9,11H,1H3,(H2,23,24,25).